The fourth-order valence-electron chi connectivity index (χ4n) is 3.67. The van der Waals surface area contributed by atoms with E-state index in [0.717, 1.165) is 10.6 Å². The second kappa shape index (κ2) is 14.2. The Labute approximate surface area is 242 Å². The van der Waals surface area contributed by atoms with E-state index in [-0.39, 0.29) is 17.2 Å². The molecule has 2 amide bonds. The molecule has 6 nitrogen and oxygen atoms in total. The molecule has 8 heteroatoms. The molecule has 0 unspecified atom stereocenters. The molecule has 0 heterocycles. The lowest BCUT2D eigenvalue weighted by Crippen LogP contribution is -2.30. The maximum absolute atomic E-state index is 13.3. The molecule has 0 saturated carbocycles. The molecule has 0 aliphatic heterocycles. The van der Waals surface area contributed by atoms with E-state index in [2.05, 4.69) is 10.6 Å². The monoisotopic (exact) mass is 570 g/mol. The van der Waals surface area contributed by atoms with Crippen molar-refractivity contribution in [1.82, 2.24) is 5.32 Å². The van der Waals surface area contributed by atoms with Gasteiger partial charge in [0.2, 0.25) is 0 Å². The smallest absolute Gasteiger partial charge is 0.272 e. The van der Waals surface area contributed by atoms with Gasteiger partial charge < -0.3 is 15.4 Å². The Kier molecular flexibility index (Phi) is 10.2. The third-order valence-electron chi connectivity index (χ3n) is 5.66. The molecule has 0 radical (unpaired) electrons. The van der Waals surface area contributed by atoms with Crippen molar-refractivity contribution >= 4 is 52.7 Å². The molecule has 0 spiro atoms. The van der Waals surface area contributed by atoms with Gasteiger partial charge in [-0.25, -0.2) is 0 Å². The van der Waals surface area contributed by atoms with Crippen LogP contribution in [0.15, 0.2) is 114 Å². The third-order valence-corrected chi connectivity index (χ3v) is 6.90. The minimum absolute atomic E-state index is 0.0145. The molecule has 4 aromatic rings. The van der Waals surface area contributed by atoms with E-state index < -0.39 is 11.8 Å². The first-order valence-electron chi connectivity index (χ1n) is 12.5. The minimum Gasteiger partial charge on any atom is -0.494 e. The number of Topliss-reactive ketones (excluding diaryl/α,β-unsaturated/α-hetero) is 1. The summed E-state index contributed by atoms with van der Waals surface area (Å²) in [5, 5.41) is 6.13. The van der Waals surface area contributed by atoms with Gasteiger partial charge in [-0.3, -0.25) is 14.4 Å². The number of benzene rings is 4. The molecule has 0 atom stereocenters. The maximum Gasteiger partial charge on any atom is 0.272 e. The zero-order valence-electron chi connectivity index (χ0n) is 21.7. The summed E-state index contributed by atoms with van der Waals surface area (Å²) in [6.07, 6.45) is 1.58. The number of amides is 2. The lowest BCUT2D eigenvalue weighted by Gasteiger charge is -2.12. The Balaban J connectivity index is 1.45. The molecule has 0 fully saturated rings. The molecule has 4 aromatic carbocycles. The number of ketones is 1. The molecule has 2 N–H and O–H groups in total. The number of halogens is 1. The largest absolute Gasteiger partial charge is 0.494 e. The van der Waals surface area contributed by atoms with Crippen LogP contribution in [0.4, 0.5) is 5.69 Å². The first-order valence-corrected chi connectivity index (χ1v) is 13.9. The van der Waals surface area contributed by atoms with E-state index in [1.165, 1.54) is 11.8 Å². The lowest BCUT2D eigenvalue weighted by molar-refractivity contribution is -0.113. The summed E-state index contributed by atoms with van der Waals surface area (Å²) in [5.74, 6) is 0.0408. The zero-order valence-corrected chi connectivity index (χ0v) is 23.3. The fourth-order valence-corrected chi connectivity index (χ4v) is 4.64. The maximum atomic E-state index is 13.3. The Hall–Kier alpha value is -4.33. The van der Waals surface area contributed by atoms with E-state index in [9.17, 15) is 14.4 Å². The number of hydrogen-bond donors (Lipinski definition) is 2. The van der Waals surface area contributed by atoms with E-state index >= 15 is 0 Å². The predicted molar refractivity (Wildman–Crippen MR) is 161 cm³/mol. The highest BCUT2D eigenvalue weighted by atomic mass is 35.5. The normalized spacial score (nSPS) is 11.0. The van der Waals surface area contributed by atoms with Crippen molar-refractivity contribution in [3.63, 3.8) is 0 Å². The standard InChI is InChI=1S/C32H27ClN2O4S/c1-2-39-27-17-13-23(14-18-27)30(36)21-40-28-10-6-9-26(20-28)34-32(38)29(19-22-11-15-25(33)16-12-22)35-31(37)24-7-4-3-5-8-24/h3-20H,2,21H2,1H3,(H,34,38)(H,35,37)/b29-19-. The van der Waals surface area contributed by atoms with Gasteiger partial charge in [-0.15, -0.1) is 11.8 Å². The summed E-state index contributed by atoms with van der Waals surface area (Å²) < 4.78 is 5.43. The highest BCUT2D eigenvalue weighted by molar-refractivity contribution is 8.00. The van der Waals surface area contributed by atoms with Crippen LogP contribution in [0, 0.1) is 0 Å². The fraction of sp³-hybridized carbons (Fsp3) is 0.0938. The van der Waals surface area contributed by atoms with Crippen molar-refractivity contribution in [1.29, 1.82) is 0 Å². The summed E-state index contributed by atoms with van der Waals surface area (Å²) in [5.41, 5.74) is 2.32. The average Bonchev–Trinajstić information content (AvgIpc) is 2.98. The SMILES string of the molecule is CCOc1ccc(C(=O)CSc2cccc(NC(=O)/C(=C/c3ccc(Cl)cc3)NC(=O)c3ccccc3)c2)cc1. The number of ether oxygens (including phenoxy) is 1. The van der Waals surface area contributed by atoms with Gasteiger partial charge >= 0.3 is 0 Å². The summed E-state index contributed by atoms with van der Waals surface area (Å²) in [4.78, 5) is 39.6. The first-order chi connectivity index (χ1) is 19.4. The highest BCUT2D eigenvalue weighted by Gasteiger charge is 2.16. The van der Waals surface area contributed by atoms with E-state index in [1.54, 1.807) is 97.1 Å². The predicted octanol–water partition coefficient (Wildman–Crippen LogP) is 7.12. The first kappa shape index (κ1) is 28.7. The van der Waals surface area contributed by atoms with E-state index in [4.69, 9.17) is 16.3 Å². The topological polar surface area (TPSA) is 84.5 Å². The number of thioether (sulfide) groups is 1. The molecule has 0 aliphatic rings. The lowest BCUT2D eigenvalue weighted by atomic mass is 10.1. The highest BCUT2D eigenvalue weighted by Crippen LogP contribution is 2.24. The van der Waals surface area contributed by atoms with Crippen LogP contribution < -0.4 is 15.4 Å². The van der Waals surface area contributed by atoms with Gasteiger partial charge in [0.25, 0.3) is 11.8 Å². The quantitative estimate of drug-likeness (QED) is 0.114. The van der Waals surface area contributed by atoms with Gasteiger partial charge in [0.1, 0.15) is 11.4 Å². The Morgan fingerprint density at radius 3 is 2.27 bits per heavy atom. The third kappa shape index (κ3) is 8.33. The van der Waals surface area contributed by atoms with Crippen LogP contribution in [0.1, 0.15) is 33.2 Å². The van der Waals surface area contributed by atoms with Crippen molar-refractivity contribution in [3.8, 4) is 5.75 Å². The molecule has 4 rings (SSSR count). The number of carbonyl (C=O) groups excluding carboxylic acids is 3. The van der Waals surface area contributed by atoms with Gasteiger partial charge in [-0.1, -0.05) is 48.0 Å². The van der Waals surface area contributed by atoms with Gasteiger partial charge in [-0.05, 0) is 85.3 Å². The van der Waals surface area contributed by atoms with Crippen LogP contribution in [0.5, 0.6) is 5.75 Å². The molecular weight excluding hydrogens is 544 g/mol. The summed E-state index contributed by atoms with van der Waals surface area (Å²) in [7, 11) is 0. The van der Waals surface area contributed by atoms with Crippen molar-refractivity contribution in [3.05, 3.63) is 131 Å². The number of carbonyl (C=O) groups is 3. The number of hydrogen-bond acceptors (Lipinski definition) is 5. The number of nitrogens with one attached hydrogen (secondary N) is 2. The van der Waals surface area contributed by atoms with Crippen LogP contribution in [0.25, 0.3) is 6.08 Å². The Morgan fingerprint density at radius 2 is 1.57 bits per heavy atom. The van der Waals surface area contributed by atoms with Crippen LogP contribution >= 0.6 is 23.4 Å². The van der Waals surface area contributed by atoms with Crippen LogP contribution in [-0.2, 0) is 4.79 Å². The molecular formula is C32H27ClN2O4S. The van der Waals surface area contributed by atoms with Crippen molar-refractivity contribution < 1.29 is 19.1 Å². The van der Waals surface area contributed by atoms with Crippen molar-refractivity contribution in [2.24, 2.45) is 0 Å². The minimum atomic E-state index is -0.494. The van der Waals surface area contributed by atoms with Crippen molar-refractivity contribution in [2.45, 2.75) is 11.8 Å². The van der Waals surface area contributed by atoms with E-state index in [1.807, 2.05) is 19.1 Å². The summed E-state index contributed by atoms with van der Waals surface area (Å²) in [6.45, 7) is 2.47. The molecule has 202 valence electrons. The molecule has 0 saturated heterocycles. The summed E-state index contributed by atoms with van der Waals surface area (Å²) >= 11 is 7.37. The van der Waals surface area contributed by atoms with Crippen LogP contribution in [-0.4, -0.2) is 30.0 Å². The van der Waals surface area contributed by atoms with E-state index in [0.29, 0.717) is 34.0 Å². The second-order valence-corrected chi connectivity index (χ2v) is 10.1. The van der Waals surface area contributed by atoms with Crippen LogP contribution in [0.2, 0.25) is 5.02 Å². The van der Waals surface area contributed by atoms with Gasteiger partial charge in [-0.2, -0.15) is 0 Å². The summed E-state index contributed by atoms with van der Waals surface area (Å²) in [6, 6.07) is 29.8. The molecule has 0 aliphatic carbocycles. The second-order valence-electron chi connectivity index (χ2n) is 8.58. The van der Waals surface area contributed by atoms with Crippen molar-refractivity contribution in [2.75, 3.05) is 17.7 Å². The van der Waals surface area contributed by atoms with Gasteiger partial charge in [0.05, 0.1) is 12.4 Å². The number of anilines is 1. The Morgan fingerprint density at radius 1 is 0.850 bits per heavy atom. The number of rotatable bonds is 11. The average molecular weight is 571 g/mol. The molecule has 40 heavy (non-hydrogen) atoms. The molecule has 0 aromatic heterocycles. The van der Waals surface area contributed by atoms with Gasteiger partial charge in [0.15, 0.2) is 5.78 Å². The zero-order chi connectivity index (χ0) is 28.3. The van der Waals surface area contributed by atoms with Gasteiger partial charge in [0, 0.05) is 26.7 Å². The Bertz CT molecular complexity index is 1500. The van der Waals surface area contributed by atoms with Crippen LogP contribution in [0.3, 0.4) is 0 Å². The molecule has 0 bridgehead atoms.